The van der Waals surface area contributed by atoms with E-state index in [1.54, 1.807) is 0 Å². The van der Waals surface area contributed by atoms with Crippen LogP contribution in [0.3, 0.4) is 0 Å². The van der Waals surface area contributed by atoms with Crippen molar-refractivity contribution < 1.29 is 42.9 Å². The minimum absolute atomic E-state index is 0. The highest BCUT2D eigenvalue weighted by atomic mass is 79.9. The van der Waals surface area contributed by atoms with Crippen LogP contribution in [0.4, 0.5) is 0 Å². The van der Waals surface area contributed by atoms with Gasteiger partial charge in [0.25, 0.3) is 0 Å². The average Bonchev–Trinajstić information content (AvgIpc) is 3.61. The minimum Gasteiger partial charge on any atom is -1.00 e. The predicted molar refractivity (Wildman–Crippen MR) is 226 cm³/mol. The summed E-state index contributed by atoms with van der Waals surface area (Å²) in [7, 11) is 9.52. The number of aryl methyl sites for hydroxylation is 4. The summed E-state index contributed by atoms with van der Waals surface area (Å²) in [6.45, 7) is 14.9. The number of quaternary nitrogens is 2. The van der Waals surface area contributed by atoms with Crippen molar-refractivity contribution in [2.24, 2.45) is 0 Å². The third-order valence-electron chi connectivity index (χ3n) is 12.1. The Morgan fingerprint density at radius 2 is 0.786 bits per heavy atom. The number of unbranched alkanes of at least 4 members (excludes halogenated alkanes) is 3. The molecule has 0 aliphatic rings. The molecule has 0 atom stereocenters. The number of halogens is 2. The SMILES string of the molecule is Cc1cc2nc3c4ccccc4n(CC[N+](C)(C)CCCCCC[N+](C)(C)CCn4c5ccccc5c5nc6cc(C)c(C)cc6nc54)c3nc2cc1C.[Br-].[Br-]. The van der Waals surface area contributed by atoms with Gasteiger partial charge in [0.05, 0.1) is 101 Å². The van der Waals surface area contributed by atoms with Gasteiger partial charge in [-0.3, -0.25) is 0 Å². The van der Waals surface area contributed by atoms with Crippen LogP contribution in [-0.2, 0) is 13.1 Å². The molecule has 0 aliphatic heterocycles. The number of likely N-dealkylation sites (N-methyl/N-ethyl adjacent to an activating group) is 2. The molecule has 8 rings (SSSR count). The van der Waals surface area contributed by atoms with Crippen LogP contribution < -0.4 is 34.0 Å². The zero-order valence-electron chi connectivity index (χ0n) is 34.3. The third-order valence-corrected chi connectivity index (χ3v) is 12.1. The van der Waals surface area contributed by atoms with Crippen molar-refractivity contribution in [3.63, 3.8) is 0 Å². The number of hydrogen-bond donors (Lipinski definition) is 0. The molecule has 56 heavy (non-hydrogen) atoms. The average molecular weight is 881 g/mol. The lowest BCUT2D eigenvalue weighted by atomic mass is 10.1. The maximum Gasteiger partial charge on any atom is 0.160 e. The van der Waals surface area contributed by atoms with Crippen LogP contribution >= 0.6 is 0 Å². The molecule has 10 heteroatoms. The van der Waals surface area contributed by atoms with E-state index in [0.29, 0.717) is 0 Å². The summed E-state index contributed by atoms with van der Waals surface area (Å²) in [6.07, 6.45) is 5.01. The number of benzene rings is 4. The molecule has 0 radical (unpaired) electrons. The highest BCUT2D eigenvalue weighted by Gasteiger charge is 2.22. The monoisotopic (exact) mass is 878 g/mol. The molecular weight excluding hydrogens is 824 g/mol. The van der Waals surface area contributed by atoms with Gasteiger partial charge < -0.3 is 52.1 Å². The molecule has 0 saturated heterocycles. The van der Waals surface area contributed by atoms with Gasteiger partial charge >= 0.3 is 0 Å². The number of aromatic nitrogens is 6. The first kappa shape index (κ1) is 41.7. The van der Waals surface area contributed by atoms with Crippen LogP contribution in [0.1, 0.15) is 47.9 Å². The Bertz CT molecular complexity index is 2510. The van der Waals surface area contributed by atoms with Crippen LogP contribution in [0, 0.1) is 27.7 Å². The van der Waals surface area contributed by atoms with Gasteiger partial charge in [-0.1, -0.05) is 36.4 Å². The van der Waals surface area contributed by atoms with Crippen molar-refractivity contribution in [2.45, 2.75) is 66.5 Å². The van der Waals surface area contributed by atoms with Crippen LogP contribution in [0.25, 0.3) is 66.2 Å². The molecule has 0 fully saturated rings. The Labute approximate surface area is 352 Å². The molecule has 4 heterocycles. The van der Waals surface area contributed by atoms with Crippen molar-refractivity contribution >= 4 is 66.2 Å². The Hall–Kier alpha value is -3.96. The molecular formula is C46H56Br2N8. The molecule has 0 bridgehead atoms. The van der Waals surface area contributed by atoms with Gasteiger partial charge in [-0.2, -0.15) is 0 Å². The maximum atomic E-state index is 5.19. The van der Waals surface area contributed by atoms with E-state index >= 15 is 0 Å². The summed E-state index contributed by atoms with van der Waals surface area (Å²) < 4.78 is 6.79. The van der Waals surface area contributed by atoms with E-state index in [4.69, 9.17) is 19.9 Å². The number of fused-ring (bicyclic) bond motifs is 8. The van der Waals surface area contributed by atoms with Crippen molar-refractivity contribution in [1.29, 1.82) is 0 Å². The Balaban J connectivity index is 0.00000266. The smallest absolute Gasteiger partial charge is 0.160 e. The first-order valence-electron chi connectivity index (χ1n) is 19.8. The van der Waals surface area contributed by atoms with Crippen LogP contribution in [0.15, 0.2) is 72.8 Å². The van der Waals surface area contributed by atoms with E-state index < -0.39 is 0 Å². The minimum atomic E-state index is 0. The molecule has 4 aromatic heterocycles. The van der Waals surface area contributed by atoms with Gasteiger partial charge in [0.15, 0.2) is 11.3 Å². The topological polar surface area (TPSA) is 61.4 Å². The summed E-state index contributed by atoms with van der Waals surface area (Å²) >= 11 is 0. The second-order valence-corrected chi connectivity index (χ2v) is 17.2. The largest absolute Gasteiger partial charge is 1.00 e. The number of rotatable bonds is 13. The van der Waals surface area contributed by atoms with Crippen molar-refractivity contribution in [1.82, 2.24) is 29.1 Å². The van der Waals surface area contributed by atoms with Gasteiger partial charge in [0.1, 0.15) is 11.0 Å². The lowest BCUT2D eigenvalue weighted by molar-refractivity contribution is -0.891. The van der Waals surface area contributed by atoms with Crippen LogP contribution in [0.5, 0.6) is 0 Å². The summed E-state index contributed by atoms with van der Waals surface area (Å²) in [6, 6.07) is 26.0. The molecule has 0 aliphatic carbocycles. The van der Waals surface area contributed by atoms with Crippen molar-refractivity contribution in [2.75, 3.05) is 54.4 Å². The molecule has 294 valence electrons. The molecule has 0 saturated carbocycles. The Kier molecular flexibility index (Phi) is 12.3. The Morgan fingerprint density at radius 3 is 1.16 bits per heavy atom. The zero-order chi connectivity index (χ0) is 37.8. The molecule has 0 amide bonds. The summed E-state index contributed by atoms with van der Waals surface area (Å²) in [5.74, 6) is 0. The fourth-order valence-corrected chi connectivity index (χ4v) is 8.24. The predicted octanol–water partition coefficient (Wildman–Crippen LogP) is 3.44. The lowest BCUT2D eigenvalue weighted by Crippen LogP contribution is -3.00. The van der Waals surface area contributed by atoms with E-state index in [-0.39, 0.29) is 34.0 Å². The van der Waals surface area contributed by atoms with Crippen LogP contribution in [-0.4, -0.2) is 92.4 Å². The summed E-state index contributed by atoms with van der Waals surface area (Å²) in [4.78, 5) is 20.6. The molecule has 8 nitrogen and oxygen atoms in total. The van der Waals surface area contributed by atoms with E-state index in [9.17, 15) is 0 Å². The van der Waals surface area contributed by atoms with E-state index in [0.717, 1.165) is 79.5 Å². The molecule has 0 N–H and O–H groups in total. The number of hydrogen-bond acceptors (Lipinski definition) is 4. The lowest BCUT2D eigenvalue weighted by Gasteiger charge is -2.31. The zero-order valence-corrected chi connectivity index (χ0v) is 37.5. The summed E-state index contributed by atoms with van der Waals surface area (Å²) in [5, 5.41) is 2.38. The molecule has 8 aromatic rings. The fraction of sp³-hybridized carbons (Fsp3) is 0.391. The second kappa shape index (κ2) is 16.5. The molecule has 0 spiro atoms. The molecule has 0 unspecified atom stereocenters. The maximum absolute atomic E-state index is 5.19. The number of nitrogens with zero attached hydrogens (tertiary/aromatic N) is 8. The second-order valence-electron chi connectivity index (χ2n) is 17.2. The van der Waals surface area contributed by atoms with Gasteiger partial charge in [0.2, 0.25) is 0 Å². The van der Waals surface area contributed by atoms with Gasteiger partial charge in [0, 0.05) is 10.8 Å². The third kappa shape index (κ3) is 8.21. The first-order valence-corrected chi connectivity index (χ1v) is 19.8. The normalized spacial score (nSPS) is 12.4. The van der Waals surface area contributed by atoms with E-state index in [1.165, 1.54) is 82.8 Å². The number of para-hydroxylation sites is 2. The van der Waals surface area contributed by atoms with E-state index in [2.05, 4.69) is 138 Å². The quantitative estimate of drug-likeness (QED) is 0.132. The van der Waals surface area contributed by atoms with Gasteiger partial charge in [-0.25, -0.2) is 19.9 Å². The Morgan fingerprint density at radius 1 is 0.446 bits per heavy atom. The van der Waals surface area contributed by atoms with E-state index in [1.807, 2.05) is 0 Å². The van der Waals surface area contributed by atoms with Crippen LogP contribution in [0.2, 0.25) is 0 Å². The van der Waals surface area contributed by atoms with Gasteiger partial charge in [-0.05, 0) is 112 Å². The standard InChI is InChI=1S/C46H56N8.2BrH/c1-31-27-37-39(29-33(31)3)49-45-43(47-37)35-17-11-13-19-41(35)51(45)21-25-53(5,6)23-15-9-10-16-24-54(7,8)26-22-52-42-20-14-12-18-36(42)44-46(52)50-40-30-34(4)32(2)28-38(40)48-44;;/h11-14,17-20,27-30H,9-10,15-16,21-26H2,1-8H3;2*1H/q+2;;/p-2. The first-order chi connectivity index (χ1) is 25.9. The highest BCUT2D eigenvalue weighted by Crippen LogP contribution is 2.31. The fourth-order valence-electron chi connectivity index (χ4n) is 8.24. The van der Waals surface area contributed by atoms with Crippen molar-refractivity contribution in [3.8, 4) is 0 Å². The van der Waals surface area contributed by atoms with Gasteiger partial charge in [-0.15, -0.1) is 0 Å². The van der Waals surface area contributed by atoms with Crippen molar-refractivity contribution in [3.05, 3.63) is 95.1 Å². The summed E-state index contributed by atoms with van der Waals surface area (Å²) in [5.41, 5.74) is 15.4. The molecule has 4 aromatic carbocycles. The highest BCUT2D eigenvalue weighted by molar-refractivity contribution is 6.07.